The number of nitrogens with zero attached hydrogens (tertiary/aromatic N) is 3. The van der Waals surface area contributed by atoms with E-state index in [9.17, 15) is 9.59 Å². The number of pyridine rings is 1. The lowest BCUT2D eigenvalue weighted by molar-refractivity contribution is -0.136. The number of piperidine rings is 1. The van der Waals surface area contributed by atoms with Crippen LogP contribution in [0.5, 0.6) is 0 Å². The number of hydrogen-bond donors (Lipinski definition) is 3. The van der Waals surface area contributed by atoms with Gasteiger partial charge >= 0.3 is 11.8 Å². The maximum atomic E-state index is 12.6. The lowest BCUT2D eigenvalue weighted by Gasteiger charge is -2.30. The third kappa shape index (κ3) is 4.38. The van der Waals surface area contributed by atoms with Crippen LogP contribution in [0.3, 0.4) is 0 Å². The Kier molecular flexibility index (Phi) is 5.88. The van der Waals surface area contributed by atoms with E-state index in [1.807, 2.05) is 38.1 Å². The summed E-state index contributed by atoms with van der Waals surface area (Å²) in [4.78, 5) is 39.4. The molecule has 1 aliphatic heterocycles. The maximum absolute atomic E-state index is 12.6. The fourth-order valence-corrected chi connectivity index (χ4v) is 3.96. The van der Waals surface area contributed by atoms with Gasteiger partial charge in [0.2, 0.25) is 0 Å². The van der Waals surface area contributed by atoms with Crippen molar-refractivity contribution < 1.29 is 9.59 Å². The van der Waals surface area contributed by atoms with Crippen molar-refractivity contribution in [1.29, 1.82) is 0 Å². The smallest absolute Gasteiger partial charge is 0.313 e. The molecule has 1 saturated heterocycles. The average molecular weight is 421 g/mol. The average Bonchev–Trinajstić information content (AvgIpc) is 3.13. The first-order valence-corrected chi connectivity index (χ1v) is 10.7. The Morgan fingerprint density at radius 1 is 1.10 bits per heavy atom. The molecule has 1 aromatic carbocycles. The van der Waals surface area contributed by atoms with E-state index in [0.717, 1.165) is 35.6 Å². The summed E-state index contributed by atoms with van der Waals surface area (Å²) in [7, 11) is 0. The van der Waals surface area contributed by atoms with E-state index in [0.29, 0.717) is 17.0 Å². The summed E-state index contributed by atoms with van der Waals surface area (Å²) in [6.45, 7) is 7.62. The molecule has 1 unspecified atom stereocenters. The Bertz CT molecular complexity index is 1100. The van der Waals surface area contributed by atoms with Crippen molar-refractivity contribution >= 4 is 34.1 Å². The van der Waals surface area contributed by atoms with E-state index >= 15 is 0 Å². The molecule has 162 valence electrons. The Labute approximate surface area is 181 Å². The maximum Gasteiger partial charge on any atom is 0.313 e. The highest BCUT2D eigenvalue weighted by atomic mass is 16.2. The number of fused-ring (bicyclic) bond motifs is 1. The first-order chi connectivity index (χ1) is 14.9. The molecular formula is C23H28N6O2. The molecule has 31 heavy (non-hydrogen) atoms. The number of aromatic amines is 1. The fraction of sp³-hybridized carbons (Fsp3) is 0.391. The predicted octanol–water partition coefficient (Wildman–Crippen LogP) is 3.38. The van der Waals surface area contributed by atoms with Crippen molar-refractivity contribution in [2.45, 2.75) is 46.1 Å². The topological polar surface area (TPSA) is 103 Å². The highest BCUT2D eigenvalue weighted by Gasteiger charge is 2.21. The van der Waals surface area contributed by atoms with Gasteiger partial charge < -0.3 is 20.5 Å². The van der Waals surface area contributed by atoms with Crippen LogP contribution >= 0.6 is 0 Å². The van der Waals surface area contributed by atoms with Gasteiger partial charge in [0.1, 0.15) is 5.82 Å². The zero-order valence-corrected chi connectivity index (χ0v) is 18.2. The molecule has 1 aliphatic rings. The summed E-state index contributed by atoms with van der Waals surface area (Å²) in [5.74, 6) is -0.831. The van der Waals surface area contributed by atoms with Crippen LogP contribution in [0.1, 0.15) is 49.4 Å². The number of H-pyrrole nitrogens is 1. The van der Waals surface area contributed by atoms with E-state index in [4.69, 9.17) is 0 Å². The summed E-state index contributed by atoms with van der Waals surface area (Å²) in [6.07, 6.45) is 5.30. The number of nitrogens with one attached hydrogen (secondary N) is 3. The Morgan fingerprint density at radius 2 is 1.87 bits per heavy atom. The molecule has 2 aromatic heterocycles. The number of imidazole rings is 1. The first-order valence-electron chi connectivity index (χ1n) is 10.7. The predicted molar refractivity (Wildman–Crippen MR) is 121 cm³/mol. The summed E-state index contributed by atoms with van der Waals surface area (Å²) in [6, 6.07) is 7.31. The minimum Gasteiger partial charge on any atom is -0.371 e. The normalized spacial score (nSPS) is 15.0. The van der Waals surface area contributed by atoms with Crippen LogP contribution in [0, 0.1) is 13.8 Å². The third-order valence-electron chi connectivity index (χ3n) is 5.80. The van der Waals surface area contributed by atoms with Crippen LogP contribution in [0.15, 0.2) is 30.5 Å². The van der Waals surface area contributed by atoms with Crippen LogP contribution in [-0.4, -0.2) is 39.9 Å². The van der Waals surface area contributed by atoms with Crippen molar-refractivity contribution in [2.75, 3.05) is 23.3 Å². The molecule has 3 aromatic rings. The summed E-state index contributed by atoms with van der Waals surface area (Å²) >= 11 is 0. The second kappa shape index (κ2) is 8.75. The Morgan fingerprint density at radius 3 is 2.58 bits per heavy atom. The van der Waals surface area contributed by atoms with Crippen LogP contribution in [-0.2, 0) is 9.59 Å². The van der Waals surface area contributed by atoms with Crippen molar-refractivity contribution in [3.8, 4) is 0 Å². The van der Waals surface area contributed by atoms with Gasteiger partial charge in [-0.1, -0.05) is 0 Å². The van der Waals surface area contributed by atoms with Gasteiger partial charge in [0, 0.05) is 36.1 Å². The largest absolute Gasteiger partial charge is 0.371 e. The molecule has 0 bridgehead atoms. The molecule has 0 aliphatic carbocycles. The van der Waals surface area contributed by atoms with Crippen LogP contribution in [0.4, 0.5) is 11.4 Å². The number of aryl methyl sites for hydroxylation is 2. The molecule has 8 heteroatoms. The number of benzene rings is 1. The molecule has 2 amide bonds. The van der Waals surface area contributed by atoms with Gasteiger partial charge in [-0.05, 0) is 64.3 Å². The van der Waals surface area contributed by atoms with Gasteiger partial charge in [-0.2, -0.15) is 0 Å². The lowest BCUT2D eigenvalue weighted by Crippen LogP contribution is -2.37. The quantitative estimate of drug-likeness (QED) is 0.562. The Hall–Kier alpha value is -3.42. The number of amides is 2. The molecule has 0 saturated carbocycles. The van der Waals surface area contributed by atoms with E-state index in [1.54, 1.807) is 13.1 Å². The highest BCUT2D eigenvalue weighted by Crippen LogP contribution is 2.32. The number of carbonyl (C=O) groups excluding carboxylic acids is 2. The molecule has 0 radical (unpaired) electrons. The Balaban J connectivity index is 1.51. The molecular weight excluding hydrogens is 392 g/mol. The standard InChI is InChI=1S/C23H28N6O2/c1-14-15(2)26-21(25-14)16(3)27-22(30)23(31)28-18-9-10-19(29-12-5-4-6-13-29)17-8-7-11-24-20(17)18/h7-11,16H,4-6,12-13H2,1-3H3,(H,25,26)(H,27,30)(H,28,31). The second-order valence-electron chi connectivity index (χ2n) is 8.06. The number of anilines is 2. The van der Waals surface area contributed by atoms with Crippen molar-refractivity contribution in [1.82, 2.24) is 20.3 Å². The first kappa shape index (κ1) is 20.8. The second-order valence-corrected chi connectivity index (χ2v) is 8.06. The van der Waals surface area contributed by atoms with Gasteiger partial charge in [-0.15, -0.1) is 0 Å². The SMILES string of the molecule is Cc1nc(C(C)NC(=O)C(=O)Nc2ccc(N3CCCCC3)c3cccnc23)[nH]c1C. The van der Waals surface area contributed by atoms with Gasteiger partial charge in [0.25, 0.3) is 0 Å². The van der Waals surface area contributed by atoms with Crippen molar-refractivity contribution in [3.05, 3.63) is 47.7 Å². The zero-order valence-electron chi connectivity index (χ0n) is 18.2. The van der Waals surface area contributed by atoms with E-state index in [-0.39, 0.29) is 0 Å². The van der Waals surface area contributed by atoms with Crippen molar-refractivity contribution in [3.63, 3.8) is 0 Å². The van der Waals surface area contributed by atoms with E-state index in [1.165, 1.54) is 19.3 Å². The third-order valence-corrected chi connectivity index (χ3v) is 5.80. The van der Waals surface area contributed by atoms with Gasteiger partial charge in [0.05, 0.1) is 22.9 Å². The summed E-state index contributed by atoms with van der Waals surface area (Å²) < 4.78 is 0. The molecule has 3 N–H and O–H groups in total. The van der Waals surface area contributed by atoms with Gasteiger partial charge in [0.15, 0.2) is 0 Å². The lowest BCUT2D eigenvalue weighted by atomic mass is 10.1. The van der Waals surface area contributed by atoms with Crippen LogP contribution in [0.2, 0.25) is 0 Å². The molecule has 1 fully saturated rings. The fourth-order valence-electron chi connectivity index (χ4n) is 3.96. The van der Waals surface area contributed by atoms with Gasteiger partial charge in [-0.3, -0.25) is 14.6 Å². The van der Waals surface area contributed by atoms with E-state index in [2.05, 4.69) is 30.5 Å². The zero-order chi connectivity index (χ0) is 22.0. The minimum atomic E-state index is -0.732. The number of hydrogen-bond acceptors (Lipinski definition) is 5. The summed E-state index contributed by atoms with van der Waals surface area (Å²) in [5.41, 5.74) is 4.12. The number of carbonyl (C=O) groups is 2. The molecule has 4 rings (SSSR count). The molecule has 3 heterocycles. The molecule has 1 atom stereocenters. The molecule has 0 spiro atoms. The number of rotatable bonds is 4. The van der Waals surface area contributed by atoms with Crippen LogP contribution in [0.25, 0.3) is 10.9 Å². The van der Waals surface area contributed by atoms with Gasteiger partial charge in [-0.25, -0.2) is 4.98 Å². The van der Waals surface area contributed by atoms with E-state index < -0.39 is 17.9 Å². The monoisotopic (exact) mass is 420 g/mol. The summed E-state index contributed by atoms with van der Waals surface area (Å²) in [5, 5.41) is 6.39. The van der Waals surface area contributed by atoms with Crippen LogP contribution < -0.4 is 15.5 Å². The highest BCUT2D eigenvalue weighted by molar-refractivity contribution is 6.40. The molecule has 8 nitrogen and oxygen atoms in total. The number of aromatic nitrogens is 3. The van der Waals surface area contributed by atoms with Crippen molar-refractivity contribution in [2.24, 2.45) is 0 Å². The minimum absolute atomic E-state index is 0.415.